The predicted molar refractivity (Wildman–Crippen MR) is 71.5 cm³/mol. The van der Waals surface area contributed by atoms with Crippen molar-refractivity contribution >= 4 is 38.9 Å². The van der Waals surface area contributed by atoms with Gasteiger partial charge in [-0.3, -0.25) is 4.72 Å². The van der Waals surface area contributed by atoms with Crippen molar-refractivity contribution in [2.75, 3.05) is 4.72 Å². The number of nitrogens with one attached hydrogen (secondary N) is 1. The van der Waals surface area contributed by atoms with Crippen molar-refractivity contribution in [3.05, 3.63) is 52.5 Å². The summed E-state index contributed by atoms with van der Waals surface area (Å²) < 4.78 is 39.6. The number of benzene rings is 1. The second-order valence-electron chi connectivity index (χ2n) is 3.52. The molecule has 0 bridgehead atoms. The van der Waals surface area contributed by atoms with E-state index in [1.165, 1.54) is 24.3 Å². The highest BCUT2D eigenvalue weighted by Gasteiger charge is 2.18. The van der Waals surface area contributed by atoms with Crippen LogP contribution in [0.4, 0.5) is 10.1 Å². The monoisotopic (exact) mass is 320 g/mol. The standard InChI is InChI=1S/C11H7Cl2FN2O2S/c12-8-2-1-3-9(14)11(8)16-19(17,18)7-4-5-10(13)15-6-7/h1-6,16H. The van der Waals surface area contributed by atoms with Crippen LogP contribution in [0.1, 0.15) is 0 Å². The molecular formula is C11H7Cl2FN2O2S. The molecule has 2 rings (SSSR count). The molecule has 0 atom stereocenters. The van der Waals surface area contributed by atoms with Gasteiger partial charge < -0.3 is 0 Å². The molecule has 0 aliphatic carbocycles. The van der Waals surface area contributed by atoms with E-state index in [2.05, 4.69) is 9.71 Å². The molecule has 19 heavy (non-hydrogen) atoms. The number of aromatic nitrogens is 1. The molecule has 8 heteroatoms. The molecule has 4 nitrogen and oxygen atoms in total. The molecule has 0 saturated carbocycles. The van der Waals surface area contributed by atoms with E-state index in [1.807, 2.05) is 0 Å². The molecule has 100 valence electrons. The normalized spacial score (nSPS) is 11.3. The van der Waals surface area contributed by atoms with E-state index in [0.29, 0.717) is 0 Å². The molecule has 0 saturated heterocycles. The van der Waals surface area contributed by atoms with Crippen molar-refractivity contribution < 1.29 is 12.8 Å². The zero-order valence-electron chi connectivity index (χ0n) is 9.27. The highest BCUT2D eigenvalue weighted by molar-refractivity contribution is 7.92. The Morgan fingerprint density at radius 1 is 1.16 bits per heavy atom. The fourth-order valence-electron chi connectivity index (χ4n) is 1.31. The summed E-state index contributed by atoms with van der Waals surface area (Å²) >= 11 is 11.3. The van der Waals surface area contributed by atoms with E-state index in [9.17, 15) is 12.8 Å². The summed E-state index contributed by atoms with van der Waals surface area (Å²) in [5.41, 5.74) is -0.306. The molecule has 2 aromatic rings. The van der Waals surface area contributed by atoms with Gasteiger partial charge in [0.15, 0.2) is 0 Å². The van der Waals surface area contributed by atoms with Gasteiger partial charge in [0.2, 0.25) is 0 Å². The Kier molecular flexibility index (Phi) is 3.93. The first-order valence-electron chi connectivity index (χ1n) is 4.98. The lowest BCUT2D eigenvalue weighted by molar-refractivity contribution is 0.598. The van der Waals surface area contributed by atoms with Gasteiger partial charge in [-0.1, -0.05) is 29.3 Å². The fraction of sp³-hybridized carbons (Fsp3) is 0. The third-order valence-electron chi connectivity index (χ3n) is 2.21. The molecule has 0 spiro atoms. The van der Waals surface area contributed by atoms with Crippen LogP contribution >= 0.6 is 23.2 Å². The molecule has 1 heterocycles. The van der Waals surface area contributed by atoms with Crippen LogP contribution in [0.3, 0.4) is 0 Å². The molecule has 1 aromatic heterocycles. The molecule has 0 radical (unpaired) electrons. The van der Waals surface area contributed by atoms with Gasteiger partial charge in [-0.15, -0.1) is 0 Å². The maximum atomic E-state index is 13.5. The maximum absolute atomic E-state index is 13.5. The third kappa shape index (κ3) is 3.15. The summed E-state index contributed by atoms with van der Waals surface area (Å²) in [4.78, 5) is 3.51. The lowest BCUT2D eigenvalue weighted by Gasteiger charge is -2.10. The first-order valence-corrected chi connectivity index (χ1v) is 7.22. The van der Waals surface area contributed by atoms with Gasteiger partial charge in [0.05, 0.1) is 5.02 Å². The van der Waals surface area contributed by atoms with Crippen LogP contribution in [0.15, 0.2) is 41.4 Å². The molecular weight excluding hydrogens is 314 g/mol. The second-order valence-corrected chi connectivity index (χ2v) is 6.00. The largest absolute Gasteiger partial charge is 0.275 e. The summed E-state index contributed by atoms with van der Waals surface area (Å²) in [6.45, 7) is 0. The Labute approximate surface area is 119 Å². The van der Waals surface area contributed by atoms with Crippen molar-refractivity contribution in [2.24, 2.45) is 0 Å². The van der Waals surface area contributed by atoms with Crippen molar-refractivity contribution in [1.29, 1.82) is 0 Å². The highest BCUT2D eigenvalue weighted by atomic mass is 35.5. The topological polar surface area (TPSA) is 59.1 Å². The molecule has 0 unspecified atom stereocenters. The van der Waals surface area contributed by atoms with Crippen molar-refractivity contribution in [1.82, 2.24) is 4.98 Å². The second kappa shape index (κ2) is 5.32. The van der Waals surface area contributed by atoms with E-state index in [-0.39, 0.29) is 20.8 Å². The summed E-state index contributed by atoms with van der Waals surface area (Å²) in [6, 6.07) is 6.43. The Hall–Kier alpha value is -1.37. The van der Waals surface area contributed by atoms with E-state index in [1.54, 1.807) is 0 Å². The maximum Gasteiger partial charge on any atom is 0.263 e. The Morgan fingerprint density at radius 3 is 2.47 bits per heavy atom. The molecule has 1 N–H and O–H groups in total. The van der Waals surface area contributed by atoms with Gasteiger partial charge in [0.1, 0.15) is 21.6 Å². The fourth-order valence-corrected chi connectivity index (χ4v) is 2.72. The average Bonchev–Trinajstić information content (AvgIpc) is 2.35. The van der Waals surface area contributed by atoms with Crippen LogP contribution in [0.25, 0.3) is 0 Å². The molecule has 0 fully saturated rings. The van der Waals surface area contributed by atoms with Crippen LogP contribution in [-0.2, 0) is 10.0 Å². The number of anilines is 1. The highest BCUT2D eigenvalue weighted by Crippen LogP contribution is 2.27. The molecule has 0 amide bonds. The molecule has 0 aliphatic rings. The van der Waals surface area contributed by atoms with Gasteiger partial charge in [-0.25, -0.2) is 17.8 Å². The van der Waals surface area contributed by atoms with Crippen LogP contribution in [0.5, 0.6) is 0 Å². The van der Waals surface area contributed by atoms with Gasteiger partial charge in [0, 0.05) is 6.20 Å². The van der Waals surface area contributed by atoms with Crippen LogP contribution in [0.2, 0.25) is 10.2 Å². The lowest BCUT2D eigenvalue weighted by atomic mass is 10.3. The Balaban J connectivity index is 2.39. The van der Waals surface area contributed by atoms with E-state index in [0.717, 1.165) is 12.3 Å². The van der Waals surface area contributed by atoms with Gasteiger partial charge in [-0.05, 0) is 24.3 Å². The van der Waals surface area contributed by atoms with Crippen LogP contribution < -0.4 is 4.72 Å². The number of hydrogen-bond acceptors (Lipinski definition) is 3. The smallest absolute Gasteiger partial charge is 0.263 e. The summed E-state index contributed by atoms with van der Waals surface area (Å²) in [5.74, 6) is -0.766. The minimum Gasteiger partial charge on any atom is -0.275 e. The van der Waals surface area contributed by atoms with Crippen LogP contribution in [0, 0.1) is 5.82 Å². The number of pyridine rings is 1. The van der Waals surface area contributed by atoms with Gasteiger partial charge in [0.25, 0.3) is 10.0 Å². The van der Waals surface area contributed by atoms with Crippen molar-refractivity contribution in [2.45, 2.75) is 4.90 Å². The first-order chi connectivity index (χ1) is 8.90. The number of sulfonamides is 1. The predicted octanol–water partition coefficient (Wildman–Crippen LogP) is 3.33. The number of para-hydroxylation sites is 1. The van der Waals surface area contributed by atoms with Gasteiger partial charge >= 0.3 is 0 Å². The minimum absolute atomic E-state index is 0.0366. The number of rotatable bonds is 3. The molecule has 0 aliphatic heterocycles. The number of nitrogens with zero attached hydrogens (tertiary/aromatic N) is 1. The first kappa shape index (κ1) is 14.0. The zero-order chi connectivity index (χ0) is 14.0. The minimum atomic E-state index is -3.97. The third-order valence-corrected chi connectivity index (χ3v) is 4.08. The Bertz CT molecular complexity index is 685. The van der Waals surface area contributed by atoms with Crippen molar-refractivity contribution in [3.8, 4) is 0 Å². The summed E-state index contributed by atoms with van der Waals surface area (Å²) in [7, 11) is -3.97. The SMILES string of the molecule is O=S(=O)(Nc1c(F)cccc1Cl)c1ccc(Cl)nc1. The Morgan fingerprint density at radius 2 is 1.89 bits per heavy atom. The summed E-state index contributed by atoms with van der Waals surface area (Å²) in [6.07, 6.45) is 1.07. The van der Waals surface area contributed by atoms with Crippen molar-refractivity contribution in [3.63, 3.8) is 0 Å². The van der Waals surface area contributed by atoms with Crippen LogP contribution in [-0.4, -0.2) is 13.4 Å². The molecule has 1 aromatic carbocycles. The number of hydrogen-bond donors (Lipinski definition) is 1. The lowest BCUT2D eigenvalue weighted by Crippen LogP contribution is -2.14. The number of halogens is 3. The quantitative estimate of drug-likeness (QED) is 0.882. The van der Waals surface area contributed by atoms with E-state index in [4.69, 9.17) is 23.2 Å². The summed E-state index contributed by atoms with van der Waals surface area (Å²) in [5, 5.41) is 0.119. The zero-order valence-corrected chi connectivity index (χ0v) is 11.6. The van der Waals surface area contributed by atoms with E-state index < -0.39 is 15.8 Å². The van der Waals surface area contributed by atoms with Gasteiger partial charge in [-0.2, -0.15) is 0 Å². The van der Waals surface area contributed by atoms with E-state index >= 15 is 0 Å². The average molecular weight is 321 g/mol.